The fraction of sp³-hybridized carbons (Fsp3) is 0.415. The number of benzene rings is 4. The quantitative estimate of drug-likeness (QED) is 0.0344. The Morgan fingerprint density at radius 2 is 0.914 bits per heavy atom. The maximum absolute atomic E-state index is 12.9. The predicted octanol–water partition coefficient (Wildman–Crippen LogP) is 7.74. The molecule has 380 valence electrons. The minimum atomic E-state index is -1.08. The van der Waals surface area contributed by atoms with Crippen LogP contribution in [0, 0.1) is 0 Å². The van der Waals surface area contributed by atoms with Gasteiger partial charge in [0.15, 0.2) is 11.6 Å². The molecule has 16 nitrogen and oxygen atoms in total. The number of nitrogens with one attached hydrogen (secondary N) is 3. The first-order chi connectivity index (χ1) is 32.8. The molecule has 2 unspecified atom stereocenters. The summed E-state index contributed by atoms with van der Waals surface area (Å²) in [5.41, 5.74) is 6.79. The zero-order chi connectivity index (χ0) is 50.8. The fourth-order valence-corrected chi connectivity index (χ4v) is 6.33. The van der Waals surface area contributed by atoms with Gasteiger partial charge >= 0.3 is 18.0 Å². The standard InChI is InChI=1S/C29H38N2O6.C20H22N2O4.C4H8O2.ClH/c1-28(2,3)36-26(34)23(14-10-11-19-30-27(35)37-29(4,5)6)31-25(33)22-17-15-21(16-18-22)24(32)20-12-8-7-9-13-20;21-13-5-4-8-17(20(25)26)22-19(24)16-11-9-15(10-12-16)18(23)14-6-2-1-3-7-14;1-2-6-4-3-5-1;/h7-9,12-13,15-18,23H,10-11,14,19H2,1-6H3,(H,30,35)(H,31,33);1-3,6-7,9-12,17H,4-5,8,13,21H2,(H,22,24)(H,25,26);1-4H2;1H. The topological polar surface area (TPSA) is 239 Å². The van der Waals surface area contributed by atoms with Gasteiger partial charge in [0.2, 0.25) is 0 Å². The van der Waals surface area contributed by atoms with Gasteiger partial charge in [-0.2, -0.15) is 0 Å². The average Bonchev–Trinajstić information content (AvgIpc) is 3.33. The van der Waals surface area contributed by atoms with Crippen LogP contribution >= 0.6 is 12.4 Å². The van der Waals surface area contributed by atoms with Crippen LogP contribution < -0.4 is 21.7 Å². The highest BCUT2D eigenvalue weighted by molar-refractivity contribution is 6.10. The van der Waals surface area contributed by atoms with Crippen LogP contribution in [0.3, 0.4) is 0 Å². The van der Waals surface area contributed by atoms with Crippen LogP contribution in [0.2, 0.25) is 0 Å². The van der Waals surface area contributed by atoms with Crippen molar-refractivity contribution in [1.29, 1.82) is 0 Å². The Morgan fingerprint density at radius 1 is 0.543 bits per heavy atom. The summed E-state index contributed by atoms with van der Waals surface area (Å²) in [6.07, 6.45) is 2.63. The minimum absolute atomic E-state index is 0. The molecule has 1 aliphatic heterocycles. The second-order valence-corrected chi connectivity index (χ2v) is 17.9. The zero-order valence-corrected chi connectivity index (χ0v) is 41.8. The van der Waals surface area contributed by atoms with Crippen LogP contribution in [-0.4, -0.2) is 109 Å². The molecule has 0 spiro atoms. The van der Waals surface area contributed by atoms with Crippen LogP contribution in [0.1, 0.15) is 133 Å². The summed E-state index contributed by atoms with van der Waals surface area (Å²) in [5.74, 6) is -2.81. The molecule has 0 aliphatic carbocycles. The third kappa shape index (κ3) is 23.2. The second kappa shape index (κ2) is 30.9. The largest absolute Gasteiger partial charge is 0.480 e. The maximum atomic E-state index is 12.9. The molecule has 0 saturated carbocycles. The molecule has 17 heteroatoms. The monoisotopic (exact) mass is 988 g/mol. The van der Waals surface area contributed by atoms with E-state index < -0.39 is 53.1 Å². The first kappa shape index (κ1) is 59.7. The van der Waals surface area contributed by atoms with Crippen molar-refractivity contribution in [2.45, 2.75) is 103 Å². The number of carbonyl (C=O) groups is 7. The van der Waals surface area contributed by atoms with E-state index >= 15 is 0 Å². The van der Waals surface area contributed by atoms with E-state index in [4.69, 9.17) is 24.7 Å². The van der Waals surface area contributed by atoms with Gasteiger partial charge in [0.05, 0.1) is 26.4 Å². The van der Waals surface area contributed by atoms with Crippen molar-refractivity contribution < 1.29 is 57.6 Å². The van der Waals surface area contributed by atoms with Gasteiger partial charge in [-0.15, -0.1) is 12.4 Å². The molecular formula is C53H69ClN4O12. The number of amides is 3. The molecule has 0 radical (unpaired) electrons. The fourth-order valence-electron chi connectivity index (χ4n) is 6.33. The lowest BCUT2D eigenvalue weighted by molar-refractivity contribution is -0.157. The second-order valence-electron chi connectivity index (χ2n) is 17.9. The Balaban J connectivity index is 0.000000440. The number of rotatable bonds is 19. The van der Waals surface area contributed by atoms with Crippen LogP contribution in [0.5, 0.6) is 0 Å². The van der Waals surface area contributed by atoms with Crippen molar-refractivity contribution >= 4 is 53.8 Å². The lowest BCUT2D eigenvalue weighted by Gasteiger charge is -2.24. The summed E-state index contributed by atoms with van der Waals surface area (Å²) in [7, 11) is 0. The molecule has 1 aliphatic rings. The van der Waals surface area contributed by atoms with Crippen LogP contribution in [0.4, 0.5) is 4.79 Å². The molecule has 1 fully saturated rings. The number of nitrogens with two attached hydrogens (primary N) is 1. The molecule has 2 atom stereocenters. The van der Waals surface area contributed by atoms with Crippen LogP contribution in [0.25, 0.3) is 0 Å². The lowest BCUT2D eigenvalue weighted by Crippen LogP contribution is -2.44. The van der Waals surface area contributed by atoms with E-state index in [0.717, 1.165) is 26.4 Å². The Bertz CT molecular complexity index is 2230. The molecule has 1 heterocycles. The van der Waals surface area contributed by atoms with Gasteiger partial charge < -0.3 is 45.7 Å². The van der Waals surface area contributed by atoms with Gasteiger partial charge in [0.25, 0.3) is 11.8 Å². The maximum Gasteiger partial charge on any atom is 0.407 e. The van der Waals surface area contributed by atoms with E-state index in [-0.39, 0.29) is 24.0 Å². The van der Waals surface area contributed by atoms with Crippen LogP contribution in [0.15, 0.2) is 109 Å². The number of carbonyl (C=O) groups excluding carboxylic acids is 6. The molecule has 70 heavy (non-hydrogen) atoms. The van der Waals surface area contributed by atoms with Gasteiger partial charge in [0, 0.05) is 39.9 Å². The van der Waals surface area contributed by atoms with Crippen molar-refractivity contribution in [3.63, 3.8) is 0 Å². The van der Waals surface area contributed by atoms with E-state index in [1.807, 2.05) is 12.1 Å². The average molecular weight is 990 g/mol. The molecule has 1 saturated heterocycles. The molecule has 6 N–H and O–H groups in total. The van der Waals surface area contributed by atoms with Crippen LogP contribution in [-0.2, 0) is 28.5 Å². The highest BCUT2D eigenvalue weighted by atomic mass is 35.5. The first-order valence-electron chi connectivity index (χ1n) is 23.1. The Labute approximate surface area is 417 Å². The first-order valence-corrected chi connectivity index (χ1v) is 23.1. The summed E-state index contributed by atoms with van der Waals surface area (Å²) in [6.45, 7) is 14.6. The van der Waals surface area contributed by atoms with Gasteiger partial charge in [-0.1, -0.05) is 84.9 Å². The number of alkyl carbamates (subject to hydrolysis) is 1. The molecule has 4 aromatic rings. The number of carboxylic acid groups (broad SMARTS) is 1. The van der Waals surface area contributed by atoms with Crippen molar-refractivity contribution in [1.82, 2.24) is 16.0 Å². The number of esters is 1. The molecule has 0 aromatic heterocycles. The number of ether oxygens (including phenoxy) is 4. The zero-order valence-electron chi connectivity index (χ0n) is 41.0. The van der Waals surface area contributed by atoms with E-state index in [1.54, 1.807) is 126 Å². The summed E-state index contributed by atoms with van der Waals surface area (Å²) >= 11 is 0. The van der Waals surface area contributed by atoms with Gasteiger partial charge in [-0.3, -0.25) is 19.2 Å². The van der Waals surface area contributed by atoms with Crippen molar-refractivity contribution in [3.8, 4) is 0 Å². The van der Waals surface area contributed by atoms with Gasteiger partial charge in [-0.05, 0) is 111 Å². The molecule has 3 amide bonds. The molecule has 4 aromatic carbocycles. The number of aliphatic carboxylic acids is 1. The third-order valence-corrected chi connectivity index (χ3v) is 9.77. The van der Waals surface area contributed by atoms with E-state index in [2.05, 4.69) is 16.0 Å². The van der Waals surface area contributed by atoms with Gasteiger partial charge in [-0.25, -0.2) is 14.4 Å². The highest BCUT2D eigenvalue weighted by Crippen LogP contribution is 2.16. The molecule has 0 bridgehead atoms. The lowest BCUT2D eigenvalue weighted by atomic mass is 10.0. The summed E-state index contributed by atoms with van der Waals surface area (Å²) in [6, 6.07) is 28.4. The highest BCUT2D eigenvalue weighted by Gasteiger charge is 2.27. The Hall–Kier alpha value is -6.46. The predicted molar refractivity (Wildman–Crippen MR) is 269 cm³/mol. The SMILES string of the molecule is C1COCCO1.CC(C)(C)OC(=O)NCCCCC(NC(=O)c1ccc(C(=O)c2ccccc2)cc1)C(=O)OC(C)(C)C.Cl.NCCCCC(NC(=O)c1ccc(C(=O)c2ccccc2)cc1)C(=O)O. The number of hydrogen-bond donors (Lipinski definition) is 5. The van der Waals surface area contributed by atoms with Crippen molar-refractivity contribution in [3.05, 3.63) is 143 Å². The number of unbranched alkanes of at least 4 members (excludes halogenated alkanes) is 2. The summed E-state index contributed by atoms with van der Waals surface area (Å²) in [5, 5.41) is 17.2. The Kier molecular flexibility index (Phi) is 26.3. The third-order valence-electron chi connectivity index (χ3n) is 9.77. The normalized spacial score (nSPS) is 12.8. The smallest absolute Gasteiger partial charge is 0.407 e. The number of carboxylic acids is 1. The summed E-state index contributed by atoms with van der Waals surface area (Å²) in [4.78, 5) is 86.0. The number of halogens is 1. The minimum Gasteiger partial charge on any atom is -0.480 e. The number of ketones is 2. The Morgan fingerprint density at radius 3 is 1.30 bits per heavy atom. The number of hydrogen-bond acceptors (Lipinski definition) is 12. The summed E-state index contributed by atoms with van der Waals surface area (Å²) < 4.78 is 20.6. The van der Waals surface area contributed by atoms with Crippen molar-refractivity contribution in [2.75, 3.05) is 39.5 Å². The van der Waals surface area contributed by atoms with E-state index in [0.29, 0.717) is 85.0 Å². The van der Waals surface area contributed by atoms with Crippen molar-refractivity contribution in [2.24, 2.45) is 5.73 Å². The van der Waals surface area contributed by atoms with E-state index in [1.165, 1.54) is 12.1 Å². The van der Waals surface area contributed by atoms with Gasteiger partial charge in [0.1, 0.15) is 23.3 Å². The molecule has 5 rings (SSSR count). The molecular weight excluding hydrogens is 920 g/mol. The van der Waals surface area contributed by atoms with E-state index in [9.17, 15) is 38.7 Å².